The molecule has 0 aromatic carbocycles. The Labute approximate surface area is 183 Å². The molecule has 166 valence electrons. The van der Waals surface area contributed by atoms with Crippen LogP contribution >= 0.6 is 11.3 Å². The lowest BCUT2D eigenvalue weighted by Crippen LogP contribution is -2.18. The van der Waals surface area contributed by atoms with Gasteiger partial charge in [0.25, 0.3) is 5.91 Å². The molecule has 3 heterocycles. The summed E-state index contributed by atoms with van der Waals surface area (Å²) in [6.45, 7) is 1.36. The lowest BCUT2D eigenvalue weighted by molar-refractivity contribution is -0.138. The van der Waals surface area contributed by atoms with Gasteiger partial charge in [-0.05, 0) is 18.2 Å². The van der Waals surface area contributed by atoms with Crippen LogP contribution in [0.15, 0.2) is 40.4 Å². The number of amides is 1. The van der Waals surface area contributed by atoms with Crippen molar-refractivity contribution in [2.45, 2.75) is 18.0 Å². The monoisotopic (exact) mass is 482 g/mol. The highest BCUT2D eigenvalue weighted by molar-refractivity contribution is 7.91. The average molecular weight is 482 g/mol. The van der Waals surface area contributed by atoms with E-state index in [4.69, 9.17) is 5.26 Å². The summed E-state index contributed by atoms with van der Waals surface area (Å²) in [6, 6.07) is 7.57. The molecule has 3 aromatic rings. The molecule has 0 unspecified atom stereocenters. The number of aromatic nitrogens is 4. The summed E-state index contributed by atoms with van der Waals surface area (Å²) in [5.74, 6) is -1.51. The van der Waals surface area contributed by atoms with Gasteiger partial charge in [-0.3, -0.25) is 4.79 Å². The van der Waals surface area contributed by atoms with Gasteiger partial charge in [-0.2, -0.15) is 28.5 Å². The molecule has 0 spiro atoms. The Kier molecular flexibility index (Phi) is 6.24. The summed E-state index contributed by atoms with van der Waals surface area (Å²) in [7, 11) is -2.80. The number of carbonyl (C=O) groups is 1. The second-order valence-corrected chi connectivity index (χ2v) is 9.42. The number of hydrogen-bond donors (Lipinski definition) is 0. The molecule has 9 nitrogen and oxygen atoms in total. The molecular formula is C18H13F3N6O3S2. The zero-order chi connectivity index (χ0) is 23.7. The van der Waals surface area contributed by atoms with Gasteiger partial charge in [-0.25, -0.2) is 23.1 Å². The maximum Gasteiger partial charge on any atom is 0.445 e. The summed E-state index contributed by atoms with van der Waals surface area (Å²) in [6.07, 6.45) is -3.55. The first-order chi connectivity index (χ1) is 15.0. The SMILES string of the molecule is CCS(=O)(=O)c1cc(-c2cccc(C#N)n2)cnc1C(=O)N=c1sc(C(F)(F)F)nn1C. The summed E-state index contributed by atoms with van der Waals surface area (Å²) in [5, 5.41) is 11.1. The van der Waals surface area contributed by atoms with Gasteiger partial charge in [0.05, 0.1) is 16.3 Å². The topological polar surface area (TPSA) is 131 Å². The maximum absolute atomic E-state index is 12.9. The molecule has 3 rings (SSSR count). The smallest absolute Gasteiger partial charge is 0.265 e. The van der Waals surface area contributed by atoms with Gasteiger partial charge in [0.2, 0.25) is 9.81 Å². The van der Waals surface area contributed by atoms with Crippen LogP contribution in [0.2, 0.25) is 0 Å². The van der Waals surface area contributed by atoms with Crippen LogP contribution in [0.25, 0.3) is 11.3 Å². The van der Waals surface area contributed by atoms with E-state index in [1.807, 2.05) is 6.07 Å². The Bertz CT molecular complexity index is 1420. The third-order valence-corrected chi connectivity index (χ3v) is 6.86. The predicted molar refractivity (Wildman–Crippen MR) is 106 cm³/mol. The number of pyridine rings is 2. The van der Waals surface area contributed by atoms with Crippen LogP contribution in [-0.2, 0) is 23.1 Å². The molecule has 0 radical (unpaired) electrons. The molecule has 3 aromatic heterocycles. The Hall–Kier alpha value is -3.44. The molecule has 0 aliphatic rings. The molecule has 0 saturated heterocycles. The van der Waals surface area contributed by atoms with Gasteiger partial charge in [-0.15, -0.1) is 0 Å². The Morgan fingerprint density at radius 2 is 2.06 bits per heavy atom. The standard InChI is InChI=1S/C18H13F3N6O3S2/c1-3-32(29,30)13-7-10(12-6-4-5-11(8-22)24-12)9-23-14(13)15(28)25-17-27(2)26-16(31-17)18(19,20)21/h4-7,9H,3H2,1-2H3. The largest absolute Gasteiger partial charge is 0.445 e. The summed E-state index contributed by atoms with van der Waals surface area (Å²) >= 11 is 0.134. The van der Waals surface area contributed by atoms with Crippen LogP contribution in [-0.4, -0.2) is 39.8 Å². The van der Waals surface area contributed by atoms with Gasteiger partial charge >= 0.3 is 6.18 Å². The average Bonchev–Trinajstić information content (AvgIpc) is 3.14. The first-order valence-corrected chi connectivity index (χ1v) is 11.2. The summed E-state index contributed by atoms with van der Waals surface area (Å²) in [4.78, 5) is 23.4. The third kappa shape index (κ3) is 4.73. The number of alkyl halides is 3. The highest BCUT2D eigenvalue weighted by Crippen LogP contribution is 2.29. The van der Waals surface area contributed by atoms with Crippen molar-refractivity contribution in [1.29, 1.82) is 5.26 Å². The molecule has 0 aliphatic heterocycles. The minimum absolute atomic E-state index is 0.0933. The van der Waals surface area contributed by atoms with Crippen LogP contribution in [0.4, 0.5) is 13.2 Å². The number of halogens is 3. The predicted octanol–water partition coefficient (Wildman–Crippen LogP) is 2.36. The molecule has 0 fully saturated rings. The van der Waals surface area contributed by atoms with Crippen molar-refractivity contribution in [3.05, 3.63) is 51.7 Å². The zero-order valence-corrected chi connectivity index (χ0v) is 18.1. The molecule has 0 bridgehead atoms. The fraction of sp³-hybridized carbons (Fsp3) is 0.222. The van der Waals surface area contributed by atoms with Crippen molar-refractivity contribution in [1.82, 2.24) is 19.7 Å². The second-order valence-electron chi connectivity index (χ2n) is 6.22. The van der Waals surface area contributed by atoms with Crippen molar-refractivity contribution < 1.29 is 26.4 Å². The van der Waals surface area contributed by atoms with Gasteiger partial charge in [0.1, 0.15) is 17.5 Å². The van der Waals surface area contributed by atoms with E-state index in [1.165, 1.54) is 38.4 Å². The number of sulfone groups is 1. The van der Waals surface area contributed by atoms with Crippen molar-refractivity contribution in [2.24, 2.45) is 12.0 Å². The van der Waals surface area contributed by atoms with E-state index in [0.717, 1.165) is 4.68 Å². The Morgan fingerprint density at radius 1 is 1.34 bits per heavy atom. The fourth-order valence-corrected chi connectivity index (χ4v) is 4.30. The van der Waals surface area contributed by atoms with Gasteiger partial charge in [0, 0.05) is 18.8 Å². The molecule has 0 N–H and O–H groups in total. The number of hydrogen-bond acceptors (Lipinski definition) is 8. The Morgan fingerprint density at radius 3 is 2.66 bits per heavy atom. The lowest BCUT2D eigenvalue weighted by Gasteiger charge is -2.08. The van der Waals surface area contributed by atoms with Crippen molar-refractivity contribution >= 4 is 27.1 Å². The molecular weight excluding hydrogens is 469 g/mol. The van der Waals surface area contributed by atoms with Crippen LogP contribution in [0.1, 0.15) is 28.1 Å². The van der Waals surface area contributed by atoms with E-state index in [1.54, 1.807) is 6.07 Å². The molecule has 32 heavy (non-hydrogen) atoms. The fourth-order valence-electron chi connectivity index (χ4n) is 2.50. The van der Waals surface area contributed by atoms with Crippen LogP contribution in [0.3, 0.4) is 0 Å². The van der Waals surface area contributed by atoms with Crippen molar-refractivity contribution in [3.63, 3.8) is 0 Å². The lowest BCUT2D eigenvalue weighted by atomic mass is 10.1. The normalized spacial score (nSPS) is 12.6. The van der Waals surface area contributed by atoms with Crippen LogP contribution < -0.4 is 4.80 Å². The van der Waals surface area contributed by atoms with E-state index in [0.29, 0.717) is 0 Å². The van der Waals surface area contributed by atoms with Gasteiger partial charge in [0.15, 0.2) is 9.84 Å². The molecule has 0 atom stereocenters. The van der Waals surface area contributed by atoms with E-state index < -0.39 is 37.5 Å². The van der Waals surface area contributed by atoms with Crippen molar-refractivity contribution in [3.8, 4) is 17.3 Å². The quantitative estimate of drug-likeness (QED) is 0.558. The van der Waals surface area contributed by atoms with Crippen molar-refractivity contribution in [2.75, 3.05) is 5.75 Å². The number of nitrogens with zero attached hydrogens (tertiary/aromatic N) is 6. The zero-order valence-electron chi connectivity index (χ0n) is 16.5. The number of carbonyl (C=O) groups excluding carboxylic acids is 1. The third-order valence-electron chi connectivity index (χ3n) is 4.08. The van der Waals surface area contributed by atoms with E-state index >= 15 is 0 Å². The first kappa shape index (κ1) is 23.2. The molecule has 0 saturated carbocycles. The van der Waals surface area contributed by atoms with Crippen LogP contribution in [0.5, 0.6) is 0 Å². The van der Waals surface area contributed by atoms with Gasteiger partial charge in [-0.1, -0.05) is 24.3 Å². The second kappa shape index (κ2) is 8.60. The highest BCUT2D eigenvalue weighted by atomic mass is 32.2. The first-order valence-electron chi connectivity index (χ1n) is 8.77. The minimum atomic E-state index is -4.72. The molecule has 0 aliphatic carbocycles. The number of aryl methyl sites for hydroxylation is 1. The van der Waals surface area contributed by atoms with Crippen LogP contribution in [0, 0.1) is 11.3 Å². The highest BCUT2D eigenvalue weighted by Gasteiger charge is 2.35. The maximum atomic E-state index is 12.9. The number of rotatable bonds is 4. The van der Waals surface area contributed by atoms with E-state index in [2.05, 4.69) is 20.1 Å². The summed E-state index contributed by atoms with van der Waals surface area (Å²) < 4.78 is 64.6. The van der Waals surface area contributed by atoms with E-state index in [-0.39, 0.29) is 38.8 Å². The van der Waals surface area contributed by atoms with Gasteiger partial charge < -0.3 is 0 Å². The summed E-state index contributed by atoms with van der Waals surface area (Å²) in [5.41, 5.74) is 0.0295. The molecule has 1 amide bonds. The van der Waals surface area contributed by atoms with E-state index in [9.17, 15) is 26.4 Å². The Balaban J connectivity index is 2.15. The number of nitriles is 1. The minimum Gasteiger partial charge on any atom is -0.265 e. The molecule has 14 heteroatoms.